The molecule has 0 spiro atoms. The van der Waals surface area contributed by atoms with E-state index in [1.807, 2.05) is 23.1 Å². The first-order chi connectivity index (χ1) is 13.9. The average molecular weight is 415 g/mol. The van der Waals surface area contributed by atoms with E-state index in [-0.39, 0.29) is 11.7 Å². The maximum Gasteiger partial charge on any atom is 0.222 e. The summed E-state index contributed by atoms with van der Waals surface area (Å²) in [5.74, 6) is 0.920. The normalized spacial score (nSPS) is 14.0. The number of benzene rings is 2. The van der Waals surface area contributed by atoms with Crippen molar-refractivity contribution in [3.63, 3.8) is 0 Å². The summed E-state index contributed by atoms with van der Waals surface area (Å²) in [7, 11) is 0. The van der Waals surface area contributed by atoms with E-state index in [9.17, 15) is 9.59 Å². The molecule has 0 unspecified atom stereocenters. The minimum atomic E-state index is 0.0350. The second-order valence-corrected chi connectivity index (χ2v) is 7.77. The SMILES string of the molecule is CC(=O)c1ccc(OCCCC(=O)N2CCN(c3cc(Cl)ccc3C)CC2)cc1. The number of ether oxygens (including phenoxy) is 1. The number of rotatable bonds is 7. The minimum absolute atomic E-state index is 0.0350. The molecule has 0 aliphatic carbocycles. The monoisotopic (exact) mass is 414 g/mol. The predicted octanol–water partition coefficient (Wildman–Crippen LogP) is 4.36. The van der Waals surface area contributed by atoms with Crippen molar-refractivity contribution in [2.24, 2.45) is 0 Å². The van der Waals surface area contributed by atoms with Gasteiger partial charge in [-0.05, 0) is 62.2 Å². The third-order valence-corrected chi connectivity index (χ3v) is 5.44. The molecular formula is C23H27ClN2O3. The molecule has 0 N–H and O–H groups in total. The highest BCUT2D eigenvalue weighted by Gasteiger charge is 2.22. The number of hydrogen-bond donors (Lipinski definition) is 0. The molecule has 1 saturated heterocycles. The van der Waals surface area contributed by atoms with Crippen LogP contribution in [0.1, 0.15) is 35.7 Å². The van der Waals surface area contributed by atoms with Crippen LogP contribution in [-0.2, 0) is 4.79 Å². The van der Waals surface area contributed by atoms with Crippen LogP contribution >= 0.6 is 11.6 Å². The van der Waals surface area contributed by atoms with Crippen LogP contribution in [-0.4, -0.2) is 49.4 Å². The van der Waals surface area contributed by atoms with Gasteiger partial charge in [0, 0.05) is 48.9 Å². The lowest BCUT2D eigenvalue weighted by molar-refractivity contribution is -0.131. The molecule has 1 aliphatic heterocycles. The summed E-state index contributed by atoms with van der Waals surface area (Å²) in [6, 6.07) is 13.0. The van der Waals surface area contributed by atoms with Gasteiger partial charge in [0.05, 0.1) is 6.61 Å². The summed E-state index contributed by atoms with van der Waals surface area (Å²) in [6.45, 7) is 7.16. The molecule has 0 bridgehead atoms. The topological polar surface area (TPSA) is 49.9 Å². The second kappa shape index (κ2) is 9.79. The number of halogens is 1. The van der Waals surface area contributed by atoms with Gasteiger partial charge in [-0.2, -0.15) is 0 Å². The maximum atomic E-state index is 12.5. The predicted molar refractivity (Wildman–Crippen MR) is 116 cm³/mol. The number of hydrogen-bond acceptors (Lipinski definition) is 4. The Morgan fingerprint density at radius 2 is 1.72 bits per heavy atom. The highest BCUT2D eigenvalue weighted by molar-refractivity contribution is 6.30. The van der Waals surface area contributed by atoms with Gasteiger partial charge in [0.25, 0.3) is 0 Å². The van der Waals surface area contributed by atoms with E-state index in [1.54, 1.807) is 24.3 Å². The van der Waals surface area contributed by atoms with E-state index in [0.29, 0.717) is 30.8 Å². The van der Waals surface area contributed by atoms with E-state index in [2.05, 4.69) is 11.8 Å². The molecular weight excluding hydrogens is 388 g/mol. The number of carbonyl (C=O) groups excluding carboxylic acids is 2. The van der Waals surface area contributed by atoms with Crippen molar-refractivity contribution in [1.29, 1.82) is 0 Å². The zero-order valence-electron chi connectivity index (χ0n) is 17.0. The van der Waals surface area contributed by atoms with Gasteiger partial charge < -0.3 is 14.5 Å². The highest BCUT2D eigenvalue weighted by atomic mass is 35.5. The van der Waals surface area contributed by atoms with Gasteiger partial charge >= 0.3 is 0 Å². The fraction of sp³-hybridized carbons (Fsp3) is 0.391. The molecule has 0 atom stereocenters. The molecule has 154 valence electrons. The summed E-state index contributed by atoms with van der Waals surface area (Å²) in [6.07, 6.45) is 1.14. The lowest BCUT2D eigenvalue weighted by Gasteiger charge is -2.37. The van der Waals surface area contributed by atoms with Crippen molar-refractivity contribution in [3.8, 4) is 5.75 Å². The van der Waals surface area contributed by atoms with Gasteiger partial charge in [-0.25, -0.2) is 0 Å². The minimum Gasteiger partial charge on any atom is -0.494 e. The first-order valence-corrected chi connectivity index (χ1v) is 10.3. The molecule has 1 amide bonds. The first-order valence-electron chi connectivity index (χ1n) is 9.97. The van der Waals surface area contributed by atoms with Crippen LogP contribution in [0.4, 0.5) is 5.69 Å². The molecule has 29 heavy (non-hydrogen) atoms. The molecule has 0 saturated carbocycles. The molecule has 0 aromatic heterocycles. The lowest BCUT2D eigenvalue weighted by atomic mass is 10.1. The Morgan fingerprint density at radius 3 is 2.38 bits per heavy atom. The van der Waals surface area contributed by atoms with Gasteiger partial charge in [0.15, 0.2) is 5.78 Å². The van der Waals surface area contributed by atoms with E-state index < -0.39 is 0 Å². The largest absolute Gasteiger partial charge is 0.494 e. The van der Waals surface area contributed by atoms with E-state index in [4.69, 9.17) is 16.3 Å². The summed E-state index contributed by atoms with van der Waals surface area (Å²) < 4.78 is 5.67. The van der Waals surface area contributed by atoms with Gasteiger partial charge in [-0.3, -0.25) is 9.59 Å². The molecule has 2 aromatic rings. The zero-order valence-corrected chi connectivity index (χ0v) is 17.7. The Labute approximate surface area is 177 Å². The number of ketones is 1. The van der Waals surface area contributed by atoms with Gasteiger partial charge in [0.2, 0.25) is 5.91 Å². The number of Topliss-reactive ketones (excluding diaryl/α,β-unsaturated/α-hetero) is 1. The van der Waals surface area contributed by atoms with Crippen molar-refractivity contribution in [3.05, 3.63) is 58.6 Å². The summed E-state index contributed by atoms with van der Waals surface area (Å²) in [4.78, 5) is 28.0. The molecule has 0 radical (unpaired) electrons. The van der Waals surface area contributed by atoms with E-state index in [1.165, 1.54) is 12.5 Å². The van der Waals surface area contributed by atoms with Gasteiger partial charge in [-0.15, -0.1) is 0 Å². The van der Waals surface area contributed by atoms with Crippen LogP contribution in [0.5, 0.6) is 5.75 Å². The van der Waals surface area contributed by atoms with Crippen molar-refractivity contribution in [2.75, 3.05) is 37.7 Å². The van der Waals surface area contributed by atoms with Crippen molar-refractivity contribution in [1.82, 2.24) is 4.90 Å². The number of piperazine rings is 1. The Hall–Kier alpha value is -2.53. The Morgan fingerprint density at radius 1 is 1.03 bits per heavy atom. The van der Waals surface area contributed by atoms with E-state index >= 15 is 0 Å². The van der Waals surface area contributed by atoms with E-state index in [0.717, 1.165) is 36.9 Å². The number of aryl methyl sites for hydroxylation is 1. The zero-order chi connectivity index (χ0) is 20.8. The molecule has 2 aromatic carbocycles. The molecule has 1 heterocycles. The molecule has 1 aliphatic rings. The van der Waals surface area contributed by atoms with Crippen LogP contribution in [0.15, 0.2) is 42.5 Å². The Balaban J connectivity index is 1.39. The van der Waals surface area contributed by atoms with Crippen LogP contribution in [0.3, 0.4) is 0 Å². The summed E-state index contributed by atoms with van der Waals surface area (Å²) >= 11 is 6.13. The highest BCUT2D eigenvalue weighted by Crippen LogP contribution is 2.25. The molecule has 6 heteroatoms. The van der Waals surface area contributed by atoms with Crippen molar-refractivity contribution < 1.29 is 14.3 Å². The third-order valence-electron chi connectivity index (χ3n) is 5.21. The van der Waals surface area contributed by atoms with Crippen LogP contribution in [0.2, 0.25) is 5.02 Å². The molecule has 3 rings (SSSR count). The smallest absolute Gasteiger partial charge is 0.222 e. The van der Waals surface area contributed by atoms with Gasteiger partial charge in [0.1, 0.15) is 5.75 Å². The lowest BCUT2D eigenvalue weighted by Crippen LogP contribution is -2.49. The van der Waals surface area contributed by atoms with Crippen LogP contribution < -0.4 is 9.64 Å². The van der Waals surface area contributed by atoms with Gasteiger partial charge in [-0.1, -0.05) is 17.7 Å². The Kier molecular flexibility index (Phi) is 7.15. The fourth-order valence-corrected chi connectivity index (χ4v) is 3.64. The van der Waals surface area contributed by atoms with Crippen LogP contribution in [0.25, 0.3) is 0 Å². The Bertz CT molecular complexity index is 859. The molecule has 1 fully saturated rings. The number of nitrogens with zero attached hydrogens (tertiary/aromatic N) is 2. The fourth-order valence-electron chi connectivity index (χ4n) is 3.48. The summed E-state index contributed by atoms with van der Waals surface area (Å²) in [5, 5.41) is 0.736. The third kappa shape index (κ3) is 5.73. The second-order valence-electron chi connectivity index (χ2n) is 7.33. The first kappa shape index (κ1) is 21.2. The summed E-state index contributed by atoms with van der Waals surface area (Å²) in [5.41, 5.74) is 3.01. The van der Waals surface area contributed by atoms with Crippen LogP contribution in [0, 0.1) is 6.92 Å². The number of anilines is 1. The van der Waals surface area contributed by atoms with Crippen molar-refractivity contribution >= 4 is 29.0 Å². The van der Waals surface area contributed by atoms with Crippen molar-refractivity contribution in [2.45, 2.75) is 26.7 Å². The molecule has 5 nitrogen and oxygen atoms in total. The standard InChI is InChI=1S/C23H27ClN2O3/c1-17-5-8-20(24)16-22(17)25-11-13-26(14-12-25)23(28)4-3-15-29-21-9-6-19(7-10-21)18(2)27/h5-10,16H,3-4,11-15H2,1-2H3. The number of carbonyl (C=O) groups is 2. The maximum absolute atomic E-state index is 12.5. The average Bonchev–Trinajstić information content (AvgIpc) is 2.73. The number of amides is 1. The quantitative estimate of drug-likeness (QED) is 0.499.